The van der Waals surface area contributed by atoms with Crippen LogP contribution in [0.15, 0.2) is 54.6 Å². The number of nitrogens with zero attached hydrogens (tertiary/aromatic N) is 2. The quantitative estimate of drug-likeness (QED) is 0.508. The zero-order valence-corrected chi connectivity index (χ0v) is 20.1. The lowest BCUT2D eigenvalue weighted by Gasteiger charge is -2.29. The van der Waals surface area contributed by atoms with Gasteiger partial charge in [0.25, 0.3) is 0 Å². The van der Waals surface area contributed by atoms with Gasteiger partial charge in [0.15, 0.2) is 0 Å². The Kier molecular flexibility index (Phi) is 9.84. The van der Waals surface area contributed by atoms with Crippen LogP contribution in [0.25, 0.3) is 0 Å². The first-order chi connectivity index (χ1) is 15.6. The number of anilines is 1. The highest BCUT2D eigenvalue weighted by Gasteiger charge is 2.26. The lowest BCUT2D eigenvalue weighted by molar-refractivity contribution is -0.140. The molecular weight excluding hydrogens is 445 g/mol. The molecule has 2 aromatic rings. The molecule has 9 heteroatoms. The van der Waals surface area contributed by atoms with Gasteiger partial charge in [-0.1, -0.05) is 37.3 Å². The third-order valence-corrected chi connectivity index (χ3v) is 6.37. The average Bonchev–Trinajstić information content (AvgIpc) is 2.78. The van der Waals surface area contributed by atoms with Gasteiger partial charge in [-0.2, -0.15) is 0 Å². The fourth-order valence-electron chi connectivity index (χ4n) is 3.37. The van der Waals surface area contributed by atoms with Crippen molar-refractivity contribution < 1.29 is 22.4 Å². The summed E-state index contributed by atoms with van der Waals surface area (Å²) in [5.74, 6) is -0.940. The molecule has 0 aromatic heterocycles. The maximum Gasteiger partial charge on any atom is 0.242 e. The van der Waals surface area contributed by atoms with E-state index >= 15 is 0 Å². The van der Waals surface area contributed by atoms with Crippen LogP contribution in [-0.2, 0) is 26.2 Å². The monoisotopic (exact) mass is 477 g/mol. The van der Waals surface area contributed by atoms with Crippen molar-refractivity contribution in [3.05, 3.63) is 66.0 Å². The number of rotatable bonds is 12. The first-order valence-corrected chi connectivity index (χ1v) is 12.8. The number of nitrogens with one attached hydrogen (secondary N) is 1. The van der Waals surface area contributed by atoms with Crippen LogP contribution in [0.3, 0.4) is 0 Å². The molecule has 180 valence electrons. The maximum atomic E-state index is 13.2. The molecule has 0 saturated heterocycles. The molecule has 1 N–H and O–H groups in total. The fourth-order valence-corrected chi connectivity index (χ4v) is 4.34. The molecule has 7 nitrogen and oxygen atoms in total. The molecule has 0 heterocycles. The second-order valence-corrected chi connectivity index (χ2v) is 9.80. The van der Waals surface area contributed by atoms with Gasteiger partial charge in [-0.15, -0.1) is 0 Å². The second-order valence-electron chi connectivity index (χ2n) is 7.89. The van der Waals surface area contributed by atoms with Gasteiger partial charge < -0.3 is 10.2 Å². The van der Waals surface area contributed by atoms with Gasteiger partial charge >= 0.3 is 0 Å². The minimum absolute atomic E-state index is 0.0610. The molecule has 2 amide bonds. The van der Waals surface area contributed by atoms with E-state index in [0.717, 1.165) is 22.5 Å². The van der Waals surface area contributed by atoms with Crippen LogP contribution in [0, 0.1) is 5.82 Å². The predicted octanol–water partition coefficient (Wildman–Crippen LogP) is 3.32. The summed E-state index contributed by atoms with van der Waals surface area (Å²) in [7, 11) is -3.62. The van der Waals surface area contributed by atoms with Gasteiger partial charge in [-0.3, -0.25) is 13.9 Å². The van der Waals surface area contributed by atoms with Gasteiger partial charge in [0.05, 0.1) is 11.9 Å². The summed E-state index contributed by atoms with van der Waals surface area (Å²) in [5.41, 5.74) is 1.23. The number of benzene rings is 2. The number of amides is 2. The molecule has 0 aliphatic carbocycles. The summed E-state index contributed by atoms with van der Waals surface area (Å²) in [5, 5.41) is 2.82. The zero-order valence-electron chi connectivity index (χ0n) is 19.3. The SMILES string of the molecule is CCCNC(=O)C(C)N(Cc1ccccc1)C(=O)CCCN(c1ccc(F)cc1)S(C)(=O)=O. The normalized spacial score (nSPS) is 12.1. The largest absolute Gasteiger partial charge is 0.354 e. The van der Waals surface area contributed by atoms with Crippen LogP contribution in [0.5, 0.6) is 0 Å². The van der Waals surface area contributed by atoms with Crippen LogP contribution in [-0.4, -0.2) is 50.5 Å². The highest BCUT2D eigenvalue weighted by atomic mass is 32.2. The Morgan fingerprint density at radius 1 is 1.06 bits per heavy atom. The van der Waals surface area contributed by atoms with Crippen LogP contribution in [0.4, 0.5) is 10.1 Å². The van der Waals surface area contributed by atoms with E-state index in [9.17, 15) is 22.4 Å². The minimum Gasteiger partial charge on any atom is -0.354 e. The Morgan fingerprint density at radius 3 is 2.27 bits per heavy atom. The van der Waals surface area contributed by atoms with Crippen molar-refractivity contribution in [1.82, 2.24) is 10.2 Å². The fraction of sp³-hybridized carbons (Fsp3) is 0.417. The van der Waals surface area contributed by atoms with Crippen LogP contribution >= 0.6 is 0 Å². The van der Waals surface area contributed by atoms with Gasteiger partial charge in [0, 0.05) is 26.1 Å². The first kappa shape index (κ1) is 26.3. The van der Waals surface area contributed by atoms with E-state index in [1.165, 1.54) is 29.2 Å². The summed E-state index contributed by atoms with van der Waals surface area (Å²) in [6.45, 7) is 4.50. The Hall–Kier alpha value is -2.94. The Labute approximate surface area is 195 Å². The number of halogens is 1. The van der Waals surface area contributed by atoms with E-state index in [1.807, 2.05) is 37.3 Å². The van der Waals surface area contributed by atoms with Crippen molar-refractivity contribution in [3.63, 3.8) is 0 Å². The van der Waals surface area contributed by atoms with Gasteiger partial charge in [-0.25, -0.2) is 12.8 Å². The molecule has 1 unspecified atom stereocenters. The van der Waals surface area contributed by atoms with E-state index in [1.54, 1.807) is 6.92 Å². The van der Waals surface area contributed by atoms with E-state index in [4.69, 9.17) is 0 Å². The van der Waals surface area contributed by atoms with Gasteiger partial charge in [-0.05, 0) is 49.6 Å². The summed E-state index contributed by atoms with van der Waals surface area (Å²) in [6.07, 6.45) is 2.17. The van der Waals surface area contributed by atoms with Crippen molar-refractivity contribution >= 4 is 27.5 Å². The Balaban J connectivity index is 2.11. The van der Waals surface area contributed by atoms with Crippen molar-refractivity contribution in [2.75, 3.05) is 23.7 Å². The molecule has 2 rings (SSSR count). The maximum absolute atomic E-state index is 13.2. The number of sulfonamides is 1. The van der Waals surface area contributed by atoms with Crippen molar-refractivity contribution in [2.24, 2.45) is 0 Å². The second kappa shape index (κ2) is 12.3. The summed E-state index contributed by atoms with van der Waals surface area (Å²) >= 11 is 0. The lowest BCUT2D eigenvalue weighted by atomic mass is 10.1. The standard InChI is InChI=1S/C24H32FN3O4S/c1-4-16-26-24(30)19(2)27(18-20-9-6-5-7-10-20)23(29)11-8-17-28(33(3,31)32)22-14-12-21(25)13-15-22/h5-7,9-10,12-15,19H,4,8,11,16-18H2,1-3H3,(H,26,30). The van der Waals surface area contributed by atoms with E-state index in [-0.39, 0.29) is 37.7 Å². The van der Waals surface area contributed by atoms with Gasteiger partial charge in [0.2, 0.25) is 21.8 Å². The number of hydrogen-bond acceptors (Lipinski definition) is 4. The lowest BCUT2D eigenvalue weighted by Crippen LogP contribution is -2.47. The smallest absolute Gasteiger partial charge is 0.242 e. The molecule has 0 bridgehead atoms. The molecule has 2 aromatic carbocycles. The van der Waals surface area contributed by atoms with E-state index in [0.29, 0.717) is 12.2 Å². The molecule has 33 heavy (non-hydrogen) atoms. The molecular formula is C24H32FN3O4S. The third kappa shape index (κ3) is 8.16. The molecule has 0 spiro atoms. The van der Waals surface area contributed by atoms with Crippen LogP contribution in [0.2, 0.25) is 0 Å². The third-order valence-electron chi connectivity index (χ3n) is 5.18. The summed E-state index contributed by atoms with van der Waals surface area (Å²) in [6, 6.07) is 13.9. The van der Waals surface area contributed by atoms with Crippen molar-refractivity contribution in [1.29, 1.82) is 0 Å². The molecule has 1 atom stereocenters. The average molecular weight is 478 g/mol. The minimum atomic E-state index is -3.62. The molecule has 0 fully saturated rings. The van der Waals surface area contributed by atoms with Crippen LogP contribution in [0.1, 0.15) is 38.7 Å². The summed E-state index contributed by atoms with van der Waals surface area (Å²) in [4.78, 5) is 27.2. The molecule has 0 aliphatic heterocycles. The molecule has 0 radical (unpaired) electrons. The number of carbonyl (C=O) groups is 2. The highest BCUT2D eigenvalue weighted by Crippen LogP contribution is 2.19. The molecule has 0 aliphatic rings. The topological polar surface area (TPSA) is 86.8 Å². The first-order valence-electron chi connectivity index (χ1n) is 11.0. The zero-order chi connectivity index (χ0) is 24.4. The summed E-state index contributed by atoms with van der Waals surface area (Å²) < 4.78 is 38.9. The van der Waals surface area contributed by atoms with Gasteiger partial charge in [0.1, 0.15) is 11.9 Å². The van der Waals surface area contributed by atoms with Crippen LogP contribution < -0.4 is 9.62 Å². The Morgan fingerprint density at radius 2 is 1.70 bits per heavy atom. The number of hydrogen-bond donors (Lipinski definition) is 1. The Bertz CT molecular complexity index is 1010. The van der Waals surface area contributed by atoms with E-state index in [2.05, 4.69) is 5.32 Å². The van der Waals surface area contributed by atoms with Crippen molar-refractivity contribution in [3.8, 4) is 0 Å². The predicted molar refractivity (Wildman–Crippen MR) is 128 cm³/mol. The van der Waals surface area contributed by atoms with Crippen molar-refractivity contribution in [2.45, 2.75) is 45.7 Å². The van der Waals surface area contributed by atoms with E-state index < -0.39 is 21.9 Å². The molecule has 0 saturated carbocycles. The number of carbonyl (C=O) groups excluding carboxylic acids is 2. The highest BCUT2D eigenvalue weighted by molar-refractivity contribution is 7.92.